The van der Waals surface area contributed by atoms with Crippen molar-refractivity contribution in [3.8, 4) is 44.9 Å². The normalized spacial score (nSPS) is 14.1. The summed E-state index contributed by atoms with van der Waals surface area (Å²) in [4.78, 5) is 0. The van der Waals surface area contributed by atoms with Gasteiger partial charge in [0, 0.05) is 10.9 Å². The van der Waals surface area contributed by atoms with Crippen LogP contribution in [0.15, 0.2) is 133 Å². The Labute approximate surface area is 232 Å². The van der Waals surface area contributed by atoms with Gasteiger partial charge in [-0.2, -0.15) is 0 Å². The van der Waals surface area contributed by atoms with Crippen LogP contribution in [-0.2, 0) is 0 Å². The molecular weight excluding hydrogens is 472 g/mol. The highest BCUT2D eigenvalue weighted by atomic mass is 16.5. The van der Waals surface area contributed by atoms with Gasteiger partial charge in [0.2, 0.25) is 0 Å². The van der Waals surface area contributed by atoms with Gasteiger partial charge in [-0.3, -0.25) is 0 Å². The SMILES string of the molecule is [2H]c1c([2H])c([2H])c(-c2ccc3c(c2)-c2cccc4cc(-c5ccc6ccc7cccc8ccc5c6c78)cc(c24)O3)c([2H])c1[2H]. The summed E-state index contributed by atoms with van der Waals surface area (Å²) in [6.07, 6.45) is 0. The van der Waals surface area contributed by atoms with E-state index >= 15 is 0 Å². The van der Waals surface area contributed by atoms with Crippen LogP contribution in [0.2, 0.25) is 0 Å². The van der Waals surface area contributed by atoms with E-state index in [9.17, 15) is 0 Å². The molecule has 1 aliphatic heterocycles. The molecule has 8 aromatic carbocycles. The summed E-state index contributed by atoms with van der Waals surface area (Å²) in [6, 6.07) is 34.1. The third kappa shape index (κ3) is 2.96. The Morgan fingerprint density at radius 1 is 0.436 bits per heavy atom. The second-order valence-electron chi connectivity index (χ2n) is 10.2. The molecule has 1 heteroatoms. The molecule has 0 unspecified atom stereocenters. The summed E-state index contributed by atoms with van der Waals surface area (Å²) < 4.78 is 47.7. The molecule has 9 rings (SSSR count). The lowest BCUT2D eigenvalue weighted by molar-refractivity contribution is 0.487. The fraction of sp³-hybridized carbons (Fsp3) is 0. The average Bonchev–Trinajstić information content (AvgIpc) is 3.05. The average molecular weight is 500 g/mol. The Morgan fingerprint density at radius 3 is 2.05 bits per heavy atom. The zero-order chi connectivity index (χ0) is 29.9. The van der Waals surface area contributed by atoms with Gasteiger partial charge in [-0.05, 0) is 89.8 Å². The van der Waals surface area contributed by atoms with E-state index in [1.807, 2.05) is 18.2 Å². The van der Waals surface area contributed by atoms with Crippen molar-refractivity contribution in [3.05, 3.63) is 133 Å². The van der Waals surface area contributed by atoms with Gasteiger partial charge in [0.05, 0.1) is 6.85 Å². The number of fused-ring (bicyclic) bond motifs is 2. The van der Waals surface area contributed by atoms with Gasteiger partial charge >= 0.3 is 0 Å². The Hall–Kier alpha value is -5.14. The molecule has 1 heterocycles. The van der Waals surface area contributed by atoms with Crippen molar-refractivity contribution in [1.82, 2.24) is 0 Å². The Morgan fingerprint density at radius 2 is 1.18 bits per heavy atom. The lowest BCUT2D eigenvalue weighted by Gasteiger charge is -2.23. The van der Waals surface area contributed by atoms with Gasteiger partial charge in [0.1, 0.15) is 11.5 Å². The third-order valence-electron chi connectivity index (χ3n) is 8.06. The summed E-state index contributed by atoms with van der Waals surface area (Å²) in [5.74, 6) is 1.43. The molecule has 0 bridgehead atoms. The Balaban J connectivity index is 1.25. The van der Waals surface area contributed by atoms with Crippen LogP contribution in [0.25, 0.3) is 76.5 Å². The van der Waals surface area contributed by atoms with Crippen LogP contribution in [-0.4, -0.2) is 0 Å². The van der Waals surface area contributed by atoms with E-state index in [2.05, 4.69) is 78.9 Å². The molecule has 0 saturated carbocycles. The number of hydrogen-bond acceptors (Lipinski definition) is 1. The molecule has 8 aromatic rings. The highest BCUT2D eigenvalue weighted by molar-refractivity contribution is 6.25. The molecule has 0 N–H and O–H groups in total. The topological polar surface area (TPSA) is 9.23 Å². The molecular formula is C38H22O. The van der Waals surface area contributed by atoms with Gasteiger partial charge in [-0.15, -0.1) is 0 Å². The summed E-state index contributed by atoms with van der Waals surface area (Å²) in [5, 5.41) is 9.48. The van der Waals surface area contributed by atoms with E-state index in [4.69, 9.17) is 11.6 Å². The van der Waals surface area contributed by atoms with Crippen LogP contribution in [0.1, 0.15) is 6.85 Å². The van der Waals surface area contributed by atoms with E-state index in [-0.39, 0.29) is 29.7 Å². The molecule has 0 atom stereocenters. The van der Waals surface area contributed by atoms with Gasteiger partial charge in [-0.1, -0.05) is 109 Å². The first-order valence-electron chi connectivity index (χ1n) is 15.5. The summed E-state index contributed by atoms with van der Waals surface area (Å²) in [7, 11) is 0. The Bertz CT molecular complexity index is 2490. The molecule has 0 spiro atoms. The standard InChI is InChI=1S/C38H22O/c1-2-6-23(7-3-1)27-16-19-34-33(21-27)31-11-5-10-28-20-29(22-35(39-34)37(28)31)30-17-14-26-13-12-24-8-4-9-25-15-18-32(30)38(26)36(24)25/h1-22H/i1D,2D,3D,6D,7D. The molecule has 0 saturated heterocycles. The van der Waals surface area contributed by atoms with Crippen LogP contribution in [0.4, 0.5) is 0 Å². The Kier molecular flexibility index (Phi) is 3.28. The lowest BCUT2D eigenvalue weighted by Crippen LogP contribution is -1.98. The van der Waals surface area contributed by atoms with Crippen LogP contribution in [0, 0.1) is 0 Å². The molecule has 0 aliphatic carbocycles. The first kappa shape index (κ1) is 16.7. The number of hydrogen-bond donors (Lipinski definition) is 0. The first-order chi connectivity index (χ1) is 21.4. The lowest BCUT2D eigenvalue weighted by atomic mass is 9.87. The van der Waals surface area contributed by atoms with Crippen molar-refractivity contribution in [2.75, 3.05) is 0 Å². The third-order valence-corrected chi connectivity index (χ3v) is 8.06. The molecule has 0 amide bonds. The molecule has 180 valence electrons. The molecule has 1 aliphatic rings. The van der Waals surface area contributed by atoms with Crippen molar-refractivity contribution in [3.63, 3.8) is 0 Å². The van der Waals surface area contributed by atoms with Crippen molar-refractivity contribution in [2.45, 2.75) is 0 Å². The minimum absolute atomic E-state index is 0.182. The van der Waals surface area contributed by atoms with Crippen molar-refractivity contribution >= 4 is 43.1 Å². The maximum absolute atomic E-state index is 8.47. The van der Waals surface area contributed by atoms with Gasteiger partial charge < -0.3 is 4.74 Å². The van der Waals surface area contributed by atoms with Crippen molar-refractivity contribution < 1.29 is 11.6 Å². The van der Waals surface area contributed by atoms with E-state index in [1.54, 1.807) is 6.07 Å². The quantitative estimate of drug-likeness (QED) is 0.215. The number of benzene rings is 8. The van der Waals surface area contributed by atoms with Gasteiger partial charge in [0.15, 0.2) is 0 Å². The van der Waals surface area contributed by atoms with E-state index in [0.29, 0.717) is 11.3 Å². The van der Waals surface area contributed by atoms with E-state index in [0.717, 1.165) is 38.8 Å². The smallest absolute Gasteiger partial charge is 0.136 e. The summed E-state index contributed by atoms with van der Waals surface area (Å²) in [5.41, 5.74) is 4.75. The molecule has 39 heavy (non-hydrogen) atoms. The minimum Gasteiger partial charge on any atom is -0.456 e. The number of ether oxygens (including phenoxy) is 1. The minimum atomic E-state index is -0.399. The highest BCUT2D eigenvalue weighted by Gasteiger charge is 2.22. The zero-order valence-corrected chi connectivity index (χ0v) is 20.7. The first-order valence-corrected chi connectivity index (χ1v) is 13.0. The van der Waals surface area contributed by atoms with E-state index in [1.165, 1.54) is 32.3 Å². The monoisotopic (exact) mass is 499 g/mol. The van der Waals surface area contributed by atoms with Crippen LogP contribution in [0.3, 0.4) is 0 Å². The summed E-state index contributed by atoms with van der Waals surface area (Å²) in [6.45, 7) is 0. The highest BCUT2D eigenvalue weighted by Crippen LogP contribution is 2.49. The fourth-order valence-electron chi connectivity index (χ4n) is 6.33. The largest absolute Gasteiger partial charge is 0.456 e. The van der Waals surface area contributed by atoms with Crippen molar-refractivity contribution in [1.29, 1.82) is 0 Å². The van der Waals surface area contributed by atoms with Crippen molar-refractivity contribution in [2.24, 2.45) is 0 Å². The maximum atomic E-state index is 8.47. The molecule has 0 aromatic heterocycles. The molecule has 0 fully saturated rings. The molecule has 1 nitrogen and oxygen atoms in total. The number of rotatable bonds is 2. The van der Waals surface area contributed by atoms with Crippen LogP contribution in [0.5, 0.6) is 11.5 Å². The van der Waals surface area contributed by atoms with Gasteiger partial charge in [0.25, 0.3) is 0 Å². The predicted octanol–water partition coefficient (Wildman–Crippen LogP) is 10.8. The molecule has 0 radical (unpaired) electrons. The second-order valence-corrected chi connectivity index (χ2v) is 10.2. The zero-order valence-electron chi connectivity index (χ0n) is 25.7. The van der Waals surface area contributed by atoms with Crippen LogP contribution >= 0.6 is 0 Å². The summed E-state index contributed by atoms with van der Waals surface area (Å²) >= 11 is 0. The van der Waals surface area contributed by atoms with Gasteiger partial charge in [-0.25, -0.2) is 0 Å². The predicted molar refractivity (Wildman–Crippen MR) is 164 cm³/mol. The van der Waals surface area contributed by atoms with Crippen LogP contribution < -0.4 is 4.74 Å². The fourth-order valence-corrected chi connectivity index (χ4v) is 6.33. The maximum Gasteiger partial charge on any atom is 0.136 e. The van der Waals surface area contributed by atoms with E-state index < -0.39 is 6.04 Å². The second kappa shape index (κ2) is 7.69.